The molecule has 2 aromatic rings. The number of aliphatic hydroxyl groups excluding tert-OH is 2. The monoisotopic (exact) mass is 450 g/mol. The summed E-state index contributed by atoms with van der Waals surface area (Å²) in [6.45, 7) is -5.18. The van der Waals surface area contributed by atoms with Crippen LogP contribution >= 0.6 is 14.5 Å². The zero-order valence-corrected chi connectivity index (χ0v) is 16.8. The Morgan fingerprint density at radius 2 is 1.93 bits per heavy atom. The molecule has 5 atom stereocenters. The summed E-state index contributed by atoms with van der Waals surface area (Å²) in [5.74, 6) is 0.105. The quantitative estimate of drug-likeness (QED) is 0.207. The van der Waals surface area contributed by atoms with Crippen LogP contribution in [-0.2, 0) is 29.9 Å². The van der Waals surface area contributed by atoms with Gasteiger partial charge in [-0.05, 0) is 11.8 Å². The molecule has 0 amide bonds. The third-order valence-corrected chi connectivity index (χ3v) is 6.36. The molecule has 0 saturated carbocycles. The van der Waals surface area contributed by atoms with Crippen molar-refractivity contribution in [3.63, 3.8) is 0 Å². The molecular weight excluding hydrogens is 435 g/mol. The normalized spacial score (nSPS) is 27.5. The van der Waals surface area contributed by atoms with Crippen molar-refractivity contribution in [3.8, 4) is 0 Å². The van der Waals surface area contributed by atoms with Gasteiger partial charge in [0.05, 0.1) is 12.9 Å². The molecule has 0 spiro atoms. The van der Waals surface area contributed by atoms with Gasteiger partial charge in [0.2, 0.25) is 0 Å². The molecule has 0 bridgehead atoms. The summed E-state index contributed by atoms with van der Waals surface area (Å²) in [5.41, 5.74) is 6.18. The van der Waals surface area contributed by atoms with E-state index in [9.17, 15) is 19.7 Å². The summed E-state index contributed by atoms with van der Waals surface area (Å²) >= 11 is 4.09. The summed E-state index contributed by atoms with van der Waals surface area (Å²) in [6.07, 6.45) is -2.95. The Labute approximate surface area is 174 Å². The second-order valence-electron chi connectivity index (χ2n) is 5.47. The van der Waals surface area contributed by atoms with Gasteiger partial charge in [-0.15, -0.1) is 0 Å². The van der Waals surface area contributed by atoms with E-state index < -0.39 is 45.7 Å². The average Bonchev–Trinajstić information content (AvgIpc) is 3.07. The molecule has 28 heavy (non-hydrogen) atoms. The van der Waals surface area contributed by atoms with Crippen molar-refractivity contribution in [2.24, 2.45) is 0 Å². The van der Waals surface area contributed by atoms with E-state index in [2.05, 4.69) is 35.6 Å². The third kappa shape index (κ3) is 5.16. The van der Waals surface area contributed by atoms with Gasteiger partial charge in [0.1, 0.15) is 30.2 Å². The molecule has 3 heterocycles. The van der Waals surface area contributed by atoms with E-state index in [1.807, 2.05) is 0 Å². The Balaban J connectivity index is 0.00000280. The van der Waals surface area contributed by atoms with Crippen LogP contribution in [0.1, 0.15) is 6.23 Å². The fraction of sp³-hybridized carbons (Fsp3) is 0.500. The Morgan fingerprint density at radius 1 is 1.25 bits per heavy atom. The van der Waals surface area contributed by atoms with Gasteiger partial charge in [0, 0.05) is 18.9 Å². The SMILES string of the molecule is Nc1ncnc2c1ncn2C1OC(COP(=O)(O)OP(O)(O)=S)C(O)C1O.[Li]. The van der Waals surface area contributed by atoms with Crippen LogP contribution < -0.4 is 5.73 Å². The van der Waals surface area contributed by atoms with Gasteiger partial charge >= 0.3 is 14.5 Å². The van der Waals surface area contributed by atoms with E-state index in [1.165, 1.54) is 17.2 Å². The first-order chi connectivity index (χ1) is 12.5. The fourth-order valence-corrected chi connectivity index (χ4v) is 4.84. The molecule has 0 aliphatic carbocycles. The molecule has 2 aromatic heterocycles. The number of aliphatic hydroxyl groups is 2. The molecule has 1 fully saturated rings. The topological polar surface area (TPSA) is 216 Å². The molecule has 7 N–H and O–H groups in total. The van der Waals surface area contributed by atoms with Gasteiger partial charge in [-0.2, -0.15) is 0 Å². The van der Waals surface area contributed by atoms with Crippen molar-refractivity contribution in [1.82, 2.24) is 19.5 Å². The molecular formula is C10H15LiN5O9P2S. The van der Waals surface area contributed by atoms with Gasteiger partial charge in [-0.1, -0.05) is 0 Å². The first kappa shape index (κ1) is 23.8. The number of aromatic nitrogens is 4. The fourth-order valence-electron chi connectivity index (χ4n) is 2.48. The van der Waals surface area contributed by atoms with E-state index in [-0.39, 0.29) is 35.8 Å². The molecule has 151 valence electrons. The molecule has 1 saturated heterocycles. The van der Waals surface area contributed by atoms with E-state index in [0.717, 1.165) is 0 Å². The number of fused-ring (bicyclic) bond motifs is 1. The van der Waals surface area contributed by atoms with Crippen LogP contribution in [0.5, 0.6) is 0 Å². The summed E-state index contributed by atoms with van der Waals surface area (Å²) in [5, 5.41) is 20.3. The number of nitrogen functional groups attached to an aromatic ring is 1. The Morgan fingerprint density at radius 3 is 2.57 bits per heavy atom. The minimum absolute atomic E-state index is 0. The minimum Gasteiger partial charge on any atom is -0.387 e. The Kier molecular flexibility index (Phi) is 7.40. The number of phosphoric ester groups is 1. The molecule has 1 radical (unpaired) electrons. The predicted molar refractivity (Wildman–Crippen MR) is 97.0 cm³/mol. The minimum atomic E-state index is -4.92. The van der Waals surface area contributed by atoms with Gasteiger partial charge < -0.3 is 35.4 Å². The van der Waals surface area contributed by atoms with Crippen LogP contribution in [-0.4, -0.2) is 88.2 Å². The van der Waals surface area contributed by atoms with Crippen molar-refractivity contribution < 1.29 is 43.0 Å². The second-order valence-corrected chi connectivity index (χ2v) is 9.72. The van der Waals surface area contributed by atoms with E-state index in [4.69, 9.17) is 20.3 Å². The smallest absolute Gasteiger partial charge is 0.387 e. The van der Waals surface area contributed by atoms with Crippen LogP contribution in [0.15, 0.2) is 12.7 Å². The number of anilines is 1. The number of phosphoric acid groups is 1. The maximum Gasteiger partial charge on any atom is 0.479 e. The molecule has 1 aliphatic rings. The molecule has 3 rings (SSSR count). The standard InChI is InChI=1S/C10H15N5O9P2S.Li/c11-8-5-9(13-2-12-8)15(3-14-5)10-7(17)6(16)4(23-10)1-22-25(18,19)24-26(20,21)27;/h2-4,6-7,10,16-17H,1H2,(H,18,19)(H2,11,12,13)(H2,20,21,27);. The Hall–Kier alpha value is -0.493. The van der Waals surface area contributed by atoms with Gasteiger partial charge in [-0.25, -0.2) is 23.8 Å². The maximum atomic E-state index is 11.6. The molecule has 14 nitrogen and oxygen atoms in total. The van der Waals surface area contributed by atoms with E-state index >= 15 is 0 Å². The summed E-state index contributed by atoms with van der Waals surface area (Å²) in [4.78, 5) is 39.0. The third-order valence-electron chi connectivity index (χ3n) is 3.61. The Bertz CT molecular complexity index is 943. The molecule has 0 aromatic carbocycles. The zero-order chi connectivity index (χ0) is 20.0. The van der Waals surface area contributed by atoms with Crippen molar-refractivity contribution in [2.75, 3.05) is 12.3 Å². The van der Waals surface area contributed by atoms with Crippen LogP contribution in [0.4, 0.5) is 5.82 Å². The summed E-state index contributed by atoms with van der Waals surface area (Å²) in [7, 11) is -4.92. The van der Waals surface area contributed by atoms with E-state index in [0.29, 0.717) is 0 Å². The number of nitrogens with two attached hydrogens (primary N) is 1. The van der Waals surface area contributed by atoms with Gasteiger partial charge in [-0.3, -0.25) is 9.09 Å². The first-order valence-corrected chi connectivity index (χ1v) is 11.3. The van der Waals surface area contributed by atoms with Crippen molar-refractivity contribution in [1.29, 1.82) is 0 Å². The van der Waals surface area contributed by atoms with Gasteiger partial charge in [0.15, 0.2) is 17.7 Å². The predicted octanol–water partition coefficient (Wildman–Crippen LogP) is -2.01. The van der Waals surface area contributed by atoms with E-state index in [1.54, 1.807) is 0 Å². The second kappa shape index (κ2) is 8.71. The average molecular weight is 450 g/mol. The largest absolute Gasteiger partial charge is 0.479 e. The van der Waals surface area contributed by atoms with Crippen molar-refractivity contribution in [3.05, 3.63) is 12.7 Å². The van der Waals surface area contributed by atoms with Crippen LogP contribution in [0.25, 0.3) is 11.2 Å². The van der Waals surface area contributed by atoms with Crippen LogP contribution in [0.2, 0.25) is 0 Å². The zero-order valence-electron chi connectivity index (χ0n) is 14.2. The van der Waals surface area contributed by atoms with Gasteiger partial charge in [0.25, 0.3) is 0 Å². The number of hydrogen-bond acceptors (Lipinski definition) is 11. The first-order valence-electron chi connectivity index (χ1n) is 7.17. The molecule has 5 unspecified atom stereocenters. The van der Waals surface area contributed by atoms with Crippen molar-refractivity contribution >= 4 is 62.2 Å². The van der Waals surface area contributed by atoms with Crippen molar-refractivity contribution in [2.45, 2.75) is 24.5 Å². The summed E-state index contributed by atoms with van der Waals surface area (Å²) < 4.78 is 26.9. The number of imidazole rings is 1. The number of hydrogen-bond donors (Lipinski definition) is 6. The molecule has 1 aliphatic heterocycles. The van der Waals surface area contributed by atoms with Crippen LogP contribution in [0.3, 0.4) is 0 Å². The number of ether oxygens (including phenoxy) is 1. The molecule has 18 heteroatoms. The van der Waals surface area contributed by atoms with Crippen LogP contribution in [0, 0.1) is 0 Å². The number of rotatable bonds is 6. The number of nitrogens with zero attached hydrogens (tertiary/aromatic N) is 4. The maximum absolute atomic E-state index is 11.6. The summed E-state index contributed by atoms with van der Waals surface area (Å²) in [6, 6.07) is 0.